The van der Waals surface area contributed by atoms with Gasteiger partial charge in [0.2, 0.25) is 5.91 Å². The summed E-state index contributed by atoms with van der Waals surface area (Å²) in [5.74, 6) is 0.319. The second-order valence-electron chi connectivity index (χ2n) is 4.68. The molecule has 0 saturated heterocycles. The third-order valence-corrected chi connectivity index (χ3v) is 4.23. The van der Waals surface area contributed by atoms with Crippen LogP contribution in [-0.2, 0) is 14.3 Å². The molecule has 4 nitrogen and oxygen atoms in total. The Morgan fingerprint density at radius 2 is 2.33 bits per heavy atom. The fourth-order valence-electron chi connectivity index (χ4n) is 1.93. The quantitative estimate of drug-likeness (QED) is 0.831. The van der Waals surface area contributed by atoms with E-state index in [-0.39, 0.29) is 30.3 Å². The summed E-state index contributed by atoms with van der Waals surface area (Å²) in [6, 6.07) is 3.57. The smallest absolute Gasteiger partial charge is 0.307 e. The largest absolute Gasteiger partial charge is 0.469 e. The standard InChI is InChI=1S/C13H17NO3S/c1-8-6-9(8)13(16)14-10(7-12(15)17-2)11-4-3-5-18-11/h3-5,8-10H,6-7H2,1-2H3,(H,14,16)/t8-,9+,10-/m0/s1. The van der Waals surface area contributed by atoms with Crippen molar-refractivity contribution in [3.8, 4) is 0 Å². The number of thiophene rings is 1. The average molecular weight is 267 g/mol. The van der Waals surface area contributed by atoms with Crippen molar-refractivity contribution in [1.29, 1.82) is 0 Å². The molecular formula is C13H17NO3S. The summed E-state index contributed by atoms with van der Waals surface area (Å²) in [7, 11) is 1.36. The molecule has 1 N–H and O–H groups in total. The molecule has 0 unspecified atom stereocenters. The van der Waals surface area contributed by atoms with Gasteiger partial charge < -0.3 is 10.1 Å². The molecule has 3 atom stereocenters. The second kappa shape index (κ2) is 5.52. The molecule has 1 saturated carbocycles. The second-order valence-corrected chi connectivity index (χ2v) is 5.66. The van der Waals surface area contributed by atoms with Crippen LogP contribution in [0.5, 0.6) is 0 Å². The van der Waals surface area contributed by atoms with E-state index in [0.29, 0.717) is 5.92 Å². The van der Waals surface area contributed by atoms with Crippen LogP contribution in [0, 0.1) is 11.8 Å². The van der Waals surface area contributed by atoms with E-state index in [4.69, 9.17) is 0 Å². The summed E-state index contributed by atoms with van der Waals surface area (Å²) in [4.78, 5) is 24.3. The topological polar surface area (TPSA) is 55.4 Å². The lowest BCUT2D eigenvalue weighted by atomic mass is 10.1. The van der Waals surface area contributed by atoms with Gasteiger partial charge in [0.25, 0.3) is 0 Å². The summed E-state index contributed by atoms with van der Waals surface area (Å²) >= 11 is 1.54. The molecule has 0 spiro atoms. The normalized spacial score (nSPS) is 23.2. The zero-order valence-electron chi connectivity index (χ0n) is 10.5. The fourth-order valence-corrected chi connectivity index (χ4v) is 2.71. The summed E-state index contributed by atoms with van der Waals surface area (Å²) in [6.07, 6.45) is 1.13. The van der Waals surface area contributed by atoms with Crippen LogP contribution in [0.1, 0.15) is 30.7 Å². The van der Waals surface area contributed by atoms with Crippen LogP contribution in [0.3, 0.4) is 0 Å². The van der Waals surface area contributed by atoms with Crippen LogP contribution in [0.15, 0.2) is 17.5 Å². The van der Waals surface area contributed by atoms with E-state index < -0.39 is 0 Å². The third-order valence-electron chi connectivity index (χ3n) is 3.25. The number of nitrogens with one attached hydrogen (secondary N) is 1. The highest BCUT2D eigenvalue weighted by atomic mass is 32.1. The van der Waals surface area contributed by atoms with Gasteiger partial charge in [-0.3, -0.25) is 9.59 Å². The Morgan fingerprint density at radius 1 is 1.61 bits per heavy atom. The van der Waals surface area contributed by atoms with E-state index in [2.05, 4.69) is 17.0 Å². The maximum absolute atomic E-state index is 11.9. The lowest BCUT2D eigenvalue weighted by Gasteiger charge is -2.16. The third kappa shape index (κ3) is 3.10. The van der Waals surface area contributed by atoms with Gasteiger partial charge in [-0.05, 0) is 23.8 Å². The van der Waals surface area contributed by atoms with Crippen LogP contribution >= 0.6 is 11.3 Å². The number of carbonyl (C=O) groups is 2. The number of hydrogen-bond acceptors (Lipinski definition) is 4. The molecule has 1 aromatic rings. The van der Waals surface area contributed by atoms with E-state index in [1.165, 1.54) is 18.4 Å². The number of carbonyl (C=O) groups excluding carboxylic acids is 2. The van der Waals surface area contributed by atoms with Gasteiger partial charge in [0.15, 0.2) is 0 Å². The predicted molar refractivity (Wildman–Crippen MR) is 69.1 cm³/mol. The van der Waals surface area contributed by atoms with E-state index in [0.717, 1.165) is 11.3 Å². The van der Waals surface area contributed by atoms with E-state index in [1.807, 2.05) is 17.5 Å². The summed E-state index contributed by atoms with van der Waals surface area (Å²) in [5.41, 5.74) is 0. The van der Waals surface area contributed by atoms with Crippen molar-refractivity contribution in [3.05, 3.63) is 22.4 Å². The highest BCUT2D eigenvalue weighted by Gasteiger charge is 2.40. The molecule has 1 heterocycles. The minimum Gasteiger partial charge on any atom is -0.469 e. The van der Waals surface area contributed by atoms with E-state index in [1.54, 1.807) is 0 Å². The van der Waals surface area contributed by atoms with Gasteiger partial charge in [-0.15, -0.1) is 11.3 Å². The number of amides is 1. The zero-order chi connectivity index (χ0) is 13.1. The van der Waals surface area contributed by atoms with Crippen molar-refractivity contribution in [1.82, 2.24) is 5.32 Å². The monoisotopic (exact) mass is 267 g/mol. The van der Waals surface area contributed by atoms with Crippen molar-refractivity contribution >= 4 is 23.2 Å². The maximum Gasteiger partial charge on any atom is 0.307 e. The molecule has 18 heavy (non-hydrogen) atoms. The Labute approximate surface area is 110 Å². The summed E-state index contributed by atoms with van der Waals surface area (Å²) < 4.78 is 4.67. The minimum atomic E-state index is -0.308. The molecule has 5 heteroatoms. The summed E-state index contributed by atoms with van der Waals surface area (Å²) in [6.45, 7) is 2.06. The minimum absolute atomic E-state index is 0.0461. The molecule has 1 amide bonds. The van der Waals surface area contributed by atoms with Crippen LogP contribution in [0.4, 0.5) is 0 Å². The number of hydrogen-bond donors (Lipinski definition) is 1. The first-order chi connectivity index (χ1) is 8.61. The lowest BCUT2D eigenvalue weighted by molar-refractivity contribution is -0.141. The van der Waals surface area contributed by atoms with Gasteiger partial charge in [0, 0.05) is 10.8 Å². The van der Waals surface area contributed by atoms with Crippen LogP contribution in [0.2, 0.25) is 0 Å². The van der Waals surface area contributed by atoms with Crippen LogP contribution < -0.4 is 5.32 Å². The van der Waals surface area contributed by atoms with Gasteiger partial charge in [-0.25, -0.2) is 0 Å². The molecule has 1 fully saturated rings. The van der Waals surface area contributed by atoms with Crippen LogP contribution in [0.25, 0.3) is 0 Å². The van der Waals surface area contributed by atoms with Gasteiger partial charge in [-0.1, -0.05) is 13.0 Å². The van der Waals surface area contributed by atoms with Crippen LogP contribution in [-0.4, -0.2) is 19.0 Å². The van der Waals surface area contributed by atoms with Crippen molar-refractivity contribution < 1.29 is 14.3 Å². The van der Waals surface area contributed by atoms with Crippen molar-refractivity contribution in [2.24, 2.45) is 11.8 Å². The Balaban J connectivity index is 2.00. The molecule has 1 aliphatic rings. The molecule has 0 aromatic carbocycles. The molecule has 0 aliphatic heterocycles. The van der Waals surface area contributed by atoms with Gasteiger partial charge in [-0.2, -0.15) is 0 Å². The number of ether oxygens (including phenoxy) is 1. The van der Waals surface area contributed by atoms with Gasteiger partial charge in [0.05, 0.1) is 19.6 Å². The predicted octanol–water partition coefficient (Wildman–Crippen LogP) is 2.12. The Hall–Kier alpha value is -1.36. The molecule has 0 radical (unpaired) electrons. The number of esters is 1. The fraction of sp³-hybridized carbons (Fsp3) is 0.538. The van der Waals surface area contributed by atoms with E-state index in [9.17, 15) is 9.59 Å². The summed E-state index contributed by atoms with van der Waals surface area (Å²) in [5, 5.41) is 4.88. The SMILES string of the molecule is COC(=O)C[C@H](NC(=O)[C@@H]1C[C@@H]1C)c1cccs1. The molecular weight excluding hydrogens is 250 g/mol. The highest BCUT2D eigenvalue weighted by molar-refractivity contribution is 7.10. The first-order valence-electron chi connectivity index (χ1n) is 6.02. The maximum atomic E-state index is 11.9. The Bertz CT molecular complexity index is 429. The average Bonchev–Trinajstić information content (AvgIpc) is 2.87. The number of methoxy groups -OCH3 is 1. The molecule has 1 aliphatic carbocycles. The van der Waals surface area contributed by atoms with Gasteiger partial charge in [0.1, 0.15) is 0 Å². The Kier molecular flexibility index (Phi) is 4.01. The number of rotatable bonds is 5. The van der Waals surface area contributed by atoms with Gasteiger partial charge >= 0.3 is 5.97 Å². The molecule has 0 bridgehead atoms. The lowest BCUT2D eigenvalue weighted by Crippen LogP contribution is -2.31. The van der Waals surface area contributed by atoms with Crippen molar-refractivity contribution in [2.45, 2.75) is 25.8 Å². The first kappa shape index (κ1) is 13.1. The molecule has 98 valence electrons. The van der Waals surface area contributed by atoms with Crippen molar-refractivity contribution in [3.63, 3.8) is 0 Å². The molecule has 2 rings (SSSR count). The van der Waals surface area contributed by atoms with E-state index >= 15 is 0 Å². The zero-order valence-corrected chi connectivity index (χ0v) is 11.3. The van der Waals surface area contributed by atoms with Crippen molar-refractivity contribution in [2.75, 3.05) is 7.11 Å². The highest BCUT2D eigenvalue weighted by Crippen LogP contribution is 2.38. The Morgan fingerprint density at radius 3 is 2.83 bits per heavy atom. The first-order valence-corrected chi connectivity index (χ1v) is 6.90. The molecule has 1 aromatic heterocycles.